The van der Waals surface area contributed by atoms with Crippen LogP contribution in [0.3, 0.4) is 0 Å². The van der Waals surface area contributed by atoms with E-state index in [1.165, 1.54) is 7.05 Å². The first-order chi connectivity index (χ1) is 8.00. The Hall–Kier alpha value is -1.43. The van der Waals surface area contributed by atoms with Gasteiger partial charge in [-0.2, -0.15) is 0 Å². The summed E-state index contributed by atoms with van der Waals surface area (Å²) in [5.41, 5.74) is 0. The van der Waals surface area contributed by atoms with Gasteiger partial charge in [0, 0.05) is 7.05 Å². The van der Waals surface area contributed by atoms with E-state index in [1.807, 2.05) is 7.05 Å². The standard InChI is InChI=1S/C11H17N3O3/c1-13-5-3-7(4-6-13)8-9(15)12-11(17)14(2)10(8)16/h7-8H,3-6H2,1-2H3,(H,12,15,17)/t8-/m1/s1. The fraction of sp³-hybridized carbons (Fsp3) is 0.727. The number of barbiturate groups is 1. The van der Waals surface area contributed by atoms with Gasteiger partial charge in [-0.25, -0.2) is 4.79 Å². The van der Waals surface area contributed by atoms with Gasteiger partial charge in [-0.15, -0.1) is 0 Å². The zero-order chi connectivity index (χ0) is 12.6. The molecule has 0 aromatic rings. The second-order valence-corrected chi connectivity index (χ2v) is 4.81. The summed E-state index contributed by atoms with van der Waals surface area (Å²) >= 11 is 0. The van der Waals surface area contributed by atoms with Gasteiger partial charge in [0.05, 0.1) is 0 Å². The van der Waals surface area contributed by atoms with Gasteiger partial charge in [0.25, 0.3) is 0 Å². The Morgan fingerprint density at radius 2 is 1.71 bits per heavy atom. The zero-order valence-electron chi connectivity index (χ0n) is 10.1. The van der Waals surface area contributed by atoms with Crippen LogP contribution in [-0.2, 0) is 9.59 Å². The molecular weight excluding hydrogens is 222 g/mol. The minimum Gasteiger partial charge on any atom is -0.306 e. The lowest BCUT2D eigenvalue weighted by molar-refractivity contribution is -0.145. The summed E-state index contributed by atoms with van der Waals surface area (Å²) in [5, 5.41) is 2.23. The smallest absolute Gasteiger partial charge is 0.306 e. The molecule has 6 heteroatoms. The van der Waals surface area contributed by atoms with Crippen molar-refractivity contribution in [2.24, 2.45) is 11.8 Å². The fourth-order valence-corrected chi connectivity index (χ4v) is 2.47. The van der Waals surface area contributed by atoms with E-state index in [4.69, 9.17) is 0 Å². The molecule has 17 heavy (non-hydrogen) atoms. The minimum absolute atomic E-state index is 0.0502. The molecule has 0 bridgehead atoms. The summed E-state index contributed by atoms with van der Waals surface area (Å²) < 4.78 is 0. The molecule has 2 aliphatic heterocycles. The van der Waals surface area contributed by atoms with Crippen LogP contribution in [-0.4, -0.2) is 54.8 Å². The third-order valence-electron chi connectivity index (χ3n) is 3.65. The Morgan fingerprint density at radius 1 is 1.12 bits per heavy atom. The molecule has 1 atom stereocenters. The molecule has 0 saturated carbocycles. The highest BCUT2D eigenvalue weighted by Gasteiger charge is 2.43. The minimum atomic E-state index is -0.689. The molecule has 4 amide bonds. The van der Waals surface area contributed by atoms with Crippen molar-refractivity contribution < 1.29 is 14.4 Å². The van der Waals surface area contributed by atoms with E-state index in [1.54, 1.807) is 0 Å². The molecule has 2 heterocycles. The van der Waals surface area contributed by atoms with Crippen molar-refractivity contribution in [1.82, 2.24) is 15.1 Å². The van der Waals surface area contributed by atoms with Gasteiger partial charge in [0.15, 0.2) is 0 Å². The molecule has 2 rings (SSSR count). The molecule has 6 nitrogen and oxygen atoms in total. The molecule has 94 valence electrons. The number of carbonyl (C=O) groups excluding carboxylic acids is 3. The van der Waals surface area contributed by atoms with Gasteiger partial charge >= 0.3 is 6.03 Å². The first kappa shape index (κ1) is 12.0. The van der Waals surface area contributed by atoms with Crippen LogP contribution < -0.4 is 5.32 Å². The molecule has 2 saturated heterocycles. The molecule has 1 N–H and O–H groups in total. The third-order valence-corrected chi connectivity index (χ3v) is 3.65. The van der Waals surface area contributed by atoms with Crippen molar-refractivity contribution in [3.05, 3.63) is 0 Å². The lowest BCUT2D eigenvalue weighted by atomic mass is 9.82. The molecular formula is C11H17N3O3. The van der Waals surface area contributed by atoms with Crippen molar-refractivity contribution >= 4 is 17.8 Å². The molecule has 2 aliphatic rings. The number of hydrogen-bond donors (Lipinski definition) is 1. The molecule has 0 radical (unpaired) electrons. The topological polar surface area (TPSA) is 69.7 Å². The average Bonchev–Trinajstić information content (AvgIpc) is 2.29. The number of rotatable bonds is 1. The number of hydrogen-bond acceptors (Lipinski definition) is 4. The van der Waals surface area contributed by atoms with Crippen molar-refractivity contribution in [2.75, 3.05) is 27.2 Å². The van der Waals surface area contributed by atoms with E-state index in [0.717, 1.165) is 30.8 Å². The number of likely N-dealkylation sites (tertiary alicyclic amines) is 1. The SMILES string of the molecule is CN1CCC([C@@H]2C(=O)NC(=O)N(C)C2=O)CC1. The number of carbonyl (C=O) groups is 3. The van der Waals surface area contributed by atoms with E-state index in [9.17, 15) is 14.4 Å². The van der Waals surface area contributed by atoms with E-state index < -0.39 is 17.9 Å². The Morgan fingerprint density at radius 3 is 2.29 bits per heavy atom. The van der Waals surface area contributed by atoms with Crippen molar-refractivity contribution in [2.45, 2.75) is 12.8 Å². The van der Waals surface area contributed by atoms with Crippen molar-refractivity contribution in [3.8, 4) is 0 Å². The second kappa shape index (κ2) is 4.44. The van der Waals surface area contributed by atoms with Gasteiger partial charge in [-0.05, 0) is 38.9 Å². The summed E-state index contributed by atoms with van der Waals surface area (Å²) in [6.45, 7) is 1.78. The van der Waals surface area contributed by atoms with E-state index in [2.05, 4.69) is 10.2 Å². The van der Waals surface area contributed by atoms with Gasteiger partial charge in [-0.1, -0.05) is 0 Å². The highest BCUT2D eigenvalue weighted by atomic mass is 16.2. The quantitative estimate of drug-likeness (QED) is 0.635. The number of nitrogens with one attached hydrogen (secondary N) is 1. The van der Waals surface area contributed by atoms with Gasteiger partial charge in [-0.3, -0.25) is 19.8 Å². The molecule has 0 aromatic carbocycles. The summed E-state index contributed by atoms with van der Waals surface area (Å²) in [6, 6.07) is -0.621. The predicted octanol–water partition coefficient (Wildman–Crippen LogP) is -0.347. The molecule has 0 aliphatic carbocycles. The van der Waals surface area contributed by atoms with Crippen LogP contribution in [0.15, 0.2) is 0 Å². The monoisotopic (exact) mass is 239 g/mol. The molecule has 0 spiro atoms. The number of urea groups is 1. The van der Waals surface area contributed by atoms with Gasteiger partial charge < -0.3 is 4.90 Å². The summed E-state index contributed by atoms with van der Waals surface area (Å²) in [5.74, 6) is -1.44. The Balaban J connectivity index is 2.11. The van der Waals surface area contributed by atoms with Crippen LogP contribution in [0.25, 0.3) is 0 Å². The summed E-state index contributed by atoms with van der Waals surface area (Å²) in [4.78, 5) is 38.1. The Labute approximate surface area is 99.9 Å². The van der Waals surface area contributed by atoms with Crippen LogP contribution in [0.2, 0.25) is 0 Å². The highest BCUT2D eigenvalue weighted by molar-refractivity contribution is 6.16. The van der Waals surface area contributed by atoms with Crippen LogP contribution in [0.1, 0.15) is 12.8 Å². The highest BCUT2D eigenvalue weighted by Crippen LogP contribution is 2.27. The first-order valence-corrected chi connectivity index (χ1v) is 5.81. The zero-order valence-corrected chi connectivity index (χ0v) is 10.1. The maximum absolute atomic E-state index is 12.0. The van der Waals surface area contributed by atoms with Crippen LogP contribution in [0, 0.1) is 11.8 Å². The summed E-state index contributed by atoms with van der Waals surface area (Å²) in [6.07, 6.45) is 1.64. The largest absolute Gasteiger partial charge is 0.330 e. The van der Waals surface area contributed by atoms with Crippen LogP contribution in [0.5, 0.6) is 0 Å². The maximum atomic E-state index is 12.0. The predicted molar refractivity (Wildman–Crippen MR) is 60.0 cm³/mol. The van der Waals surface area contributed by atoms with E-state index >= 15 is 0 Å². The molecule has 0 aromatic heterocycles. The third kappa shape index (κ3) is 2.17. The maximum Gasteiger partial charge on any atom is 0.330 e. The number of piperidine rings is 1. The van der Waals surface area contributed by atoms with Gasteiger partial charge in [0.2, 0.25) is 11.8 Å². The van der Waals surface area contributed by atoms with Crippen molar-refractivity contribution in [1.29, 1.82) is 0 Å². The van der Waals surface area contributed by atoms with Crippen molar-refractivity contribution in [3.63, 3.8) is 0 Å². The second-order valence-electron chi connectivity index (χ2n) is 4.81. The van der Waals surface area contributed by atoms with Crippen LogP contribution >= 0.6 is 0 Å². The Bertz CT molecular complexity index is 361. The number of nitrogens with zero attached hydrogens (tertiary/aromatic N) is 2. The van der Waals surface area contributed by atoms with Gasteiger partial charge in [0.1, 0.15) is 5.92 Å². The van der Waals surface area contributed by atoms with Crippen LogP contribution in [0.4, 0.5) is 4.79 Å². The molecule has 2 fully saturated rings. The first-order valence-electron chi connectivity index (χ1n) is 5.81. The summed E-state index contributed by atoms with van der Waals surface area (Å²) in [7, 11) is 3.43. The normalized spacial score (nSPS) is 28.5. The number of amides is 4. The average molecular weight is 239 g/mol. The van der Waals surface area contributed by atoms with E-state index in [0.29, 0.717) is 0 Å². The lowest BCUT2D eigenvalue weighted by Gasteiger charge is -2.36. The number of imide groups is 2. The Kier molecular flexibility index (Phi) is 3.15. The fourth-order valence-electron chi connectivity index (χ4n) is 2.47. The lowest BCUT2D eigenvalue weighted by Crippen LogP contribution is -2.58. The molecule has 0 unspecified atom stereocenters. The van der Waals surface area contributed by atoms with E-state index in [-0.39, 0.29) is 11.8 Å².